The summed E-state index contributed by atoms with van der Waals surface area (Å²) in [5.74, 6) is -0.879. The number of hydrogen-bond acceptors (Lipinski definition) is 6. The highest BCUT2D eigenvalue weighted by Crippen LogP contribution is 2.27. The fraction of sp³-hybridized carbons (Fsp3) is 0.333. The third-order valence-corrected chi connectivity index (χ3v) is 6.27. The molecule has 0 spiro atoms. The van der Waals surface area contributed by atoms with Crippen molar-refractivity contribution in [2.75, 3.05) is 24.5 Å². The molecular weight excluding hydrogens is 408 g/mol. The Balaban J connectivity index is 1.82. The second-order valence-electron chi connectivity index (χ2n) is 7.08. The average molecular weight is 430 g/mol. The molecule has 2 aromatic carbocycles. The van der Waals surface area contributed by atoms with Gasteiger partial charge in [0, 0.05) is 13.2 Å². The number of anilines is 1. The van der Waals surface area contributed by atoms with E-state index in [4.69, 9.17) is 14.7 Å². The van der Waals surface area contributed by atoms with Crippen LogP contribution in [0.1, 0.15) is 34.3 Å². The maximum atomic E-state index is 12.8. The lowest BCUT2D eigenvalue weighted by Gasteiger charge is -2.22. The van der Waals surface area contributed by atoms with Crippen LogP contribution in [0.15, 0.2) is 41.3 Å². The number of nitrogens with zero attached hydrogens (tertiary/aromatic N) is 1. The Morgan fingerprint density at radius 2 is 2.00 bits per heavy atom. The van der Waals surface area contributed by atoms with Gasteiger partial charge in [-0.3, -0.25) is 4.72 Å². The maximum absolute atomic E-state index is 12.8. The quantitative estimate of drug-likeness (QED) is 0.691. The van der Waals surface area contributed by atoms with Crippen molar-refractivity contribution in [3.63, 3.8) is 0 Å². The van der Waals surface area contributed by atoms with Crippen LogP contribution in [0.5, 0.6) is 5.75 Å². The van der Waals surface area contributed by atoms with E-state index in [1.165, 1.54) is 24.3 Å². The highest BCUT2D eigenvalue weighted by Gasteiger charge is 2.22. The highest BCUT2D eigenvalue weighted by atomic mass is 32.2. The smallest absolute Gasteiger partial charge is 0.339 e. The summed E-state index contributed by atoms with van der Waals surface area (Å²) in [4.78, 5) is 11.5. The van der Waals surface area contributed by atoms with Gasteiger partial charge in [0.1, 0.15) is 11.3 Å². The molecule has 0 bridgehead atoms. The van der Waals surface area contributed by atoms with Crippen molar-refractivity contribution in [1.82, 2.24) is 0 Å². The van der Waals surface area contributed by atoms with Crippen molar-refractivity contribution in [3.05, 3.63) is 53.1 Å². The van der Waals surface area contributed by atoms with E-state index in [-0.39, 0.29) is 22.1 Å². The van der Waals surface area contributed by atoms with Crippen molar-refractivity contribution in [3.8, 4) is 11.8 Å². The second-order valence-corrected chi connectivity index (χ2v) is 8.76. The van der Waals surface area contributed by atoms with E-state index >= 15 is 0 Å². The van der Waals surface area contributed by atoms with Crippen molar-refractivity contribution >= 4 is 21.7 Å². The van der Waals surface area contributed by atoms with Gasteiger partial charge in [0.15, 0.2) is 0 Å². The first-order valence-corrected chi connectivity index (χ1v) is 10.9. The number of hydrogen-bond donors (Lipinski definition) is 2. The van der Waals surface area contributed by atoms with E-state index in [2.05, 4.69) is 4.72 Å². The zero-order chi connectivity index (χ0) is 21.7. The van der Waals surface area contributed by atoms with Gasteiger partial charge in [-0.15, -0.1) is 0 Å². The molecule has 1 saturated heterocycles. The summed E-state index contributed by atoms with van der Waals surface area (Å²) >= 11 is 0. The van der Waals surface area contributed by atoms with Gasteiger partial charge in [-0.2, -0.15) is 5.26 Å². The predicted molar refractivity (Wildman–Crippen MR) is 109 cm³/mol. The number of aromatic carboxylic acids is 1. The largest absolute Gasteiger partial charge is 0.492 e. The van der Waals surface area contributed by atoms with Crippen LogP contribution in [0.2, 0.25) is 0 Å². The van der Waals surface area contributed by atoms with Crippen molar-refractivity contribution in [1.29, 1.82) is 5.26 Å². The van der Waals surface area contributed by atoms with Crippen molar-refractivity contribution in [2.24, 2.45) is 5.92 Å². The lowest BCUT2D eigenvalue weighted by atomic mass is 10.0. The zero-order valence-corrected chi connectivity index (χ0v) is 17.2. The number of sulfonamides is 1. The molecule has 0 atom stereocenters. The summed E-state index contributed by atoms with van der Waals surface area (Å²) in [5, 5.41) is 18.5. The molecule has 158 valence electrons. The molecule has 0 radical (unpaired) electrons. The molecule has 0 unspecified atom stereocenters. The number of benzene rings is 2. The third-order valence-electron chi connectivity index (χ3n) is 4.91. The van der Waals surface area contributed by atoms with Crippen LogP contribution in [-0.2, 0) is 14.8 Å². The Morgan fingerprint density at radius 1 is 1.27 bits per heavy atom. The molecule has 8 nitrogen and oxygen atoms in total. The standard InChI is InChI=1S/C21H22N2O6S/c1-14-10-16(12-22)2-4-19(14)23-30(26,27)17-3-5-20(18(11-17)21(24)25)29-13-15-6-8-28-9-7-15/h2-5,10-11,15,23H,6-9,13H2,1H3,(H,24,25). The number of nitrogens with one attached hydrogen (secondary N) is 1. The fourth-order valence-electron chi connectivity index (χ4n) is 3.14. The van der Waals surface area contributed by atoms with Gasteiger partial charge >= 0.3 is 5.97 Å². The molecular formula is C21H22N2O6S. The molecule has 2 N–H and O–H groups in total. The van der Waals surface area contributed by atoms with Gasteiger partial charge in [0.2, 0.25) is 0 Å². The number of carboxylic acids is 1. The lowest BCUT2D eigenvalue weighted by Crippen LogP contribution is -2.22. The van der Waals surface area contributed by atoms with Crippen LogP contribution in [0.4, 0.5) is 5.69 Å². The maximum Gasteiger partial charge on any atom is 0.339 e. The lowest BCUT2D eigenvalue weighted by molar-refractivity contribution is 0.0490. The number of carboxylic acid groups (broad SMARTS) is 1. The summed E-state index contributed by atoms with van der Waals surface area (Å²) in [5.41, 5.74) is 1.08. The minimum Gasteiger partial charge on any atom is -0.492 e. The van der Waals surface area contributed by atoms with Crippen LogP contribution >= 0.6 is 0 Å². The van der Waals surface area contributed by atoms with Crippen LogP contribution in [0.3, 0.4) is 0 Å². The summed E-state index contributed by atoms with van der Waals surface area (Å²) < 4.78 is 39.0. The van der Waals surface area contributed by atoms with Crippen LogP contribution in [0.25, 0.3) is 0 Å². The molecule has 0 aromatic heterocycles. The van der Waals surface area contributed by atoms with E-state index in [0.717, 1.165) is 18.9 Å². The second kappa shape index (κ2) is 9.15. The minimum absolute atomic E-state index is 0.127. The molecule has 0 aliphatic carbocycles. The summed E-state index contributed by atoms with van der Waals surface area (Å²) in [6.45, 7) is 3.32. The molecule has 3 rings (SSSR count). The SMILES string of the molecule is Cc1cc(C#N)ccc1NS(=O)(=O)c1ccc(OCC2CCOCC2)c(C(=O)O)c1. The van der Waals surface area contributed by atoms with E-state index in [1.807, 2.05) is 6.07 Å². The Morgan fingerprint density at radius 3 is 2.63 bits per heavy atom. The topological polar surface area (TPSA) is 126 Å². The van der Waals surface area contributed by atoms with Gasteiger partial charge in [0.25, 0.3) is 10.0 Å². The summed E-state index contributed by atoms with van der Waals surface area (Å²) in [7, 11) is -4.03. The van der Waals surface area contributed by atoms with E-state index in [1.54, 1.807) is 13.0 Å². The summed E-state index contributed by atoms with van der Waals surface area (Å²) in [6.07, 6.45) is 1.67. The van der Waals surface area contributed by atoms with Crippen molar-refractivity contribution < 1.29 is 27.8 Å². The van der Waals surface area contributed by atoms with Gasteiger partial charge in [-0.1, -0.05) is 0 Å². The van der Waals surface area contributed by atoms with Gasteiger partial charge in [-0.05, 0) is 67.6 Å². The van der Waals surface area contributed by atoms with Crippen LogP contribution in [0, 0.1) is 24.2 Å². The predicted octanol–water partition coefficient (Wildman–Crippen LogP) is 3.17. The van der Waals surface area contributed by atoms with Gasteiger partial charge in [-0.25, -0.2) is 13.2 Å². The molecule has 1 aliphatic heterocycles. The fourth-order valence-corrected chi connectivity index (χ4v) is 4.30. The van der Waals surface area contributed by atoms with Crippen LogP contribution in [-0.4, -0.2) is 39.3 Å². The minimum atomic E-state index is -4.03. The Kier molecular flexibility index (Phi) is 6.59. The Labute approximate surface area is 175 Å². The van der Waals surface area contributed by atoms with E-state index < -0.39 is 16.0 Å². The normalized spacial score (nSPS) is 14.7. The van der Waals surface area contributed by atoms with Crippen LogP contribution < -0.4 is 9.46 Å². The summed E-state index contributed by atoms with van der Waals surface area (Å²) in [6, 6.07) is 10.3. The third kappa shape index (κ3) is 5.09. The first-order chi connectivity index (χ1) is 14.3. The molecule has 0 amide bonds. The monoisotopic (exact) mass is 430 g/mol. The van der Waals surface area contributed by atoms with Gasteiger partial charge < -0.3 is 14.6 Å². The Bertz CT molecular complexity index is 1090. The average Bonchev–Trinajstić information content (AvgIpc) is 2.74. The first kappa shape index (κ1) is 21.6. The number of rotatable bonds is 7. The molecule has 1 aliphatic rings. The number of aryl methyl sites for hydroxylation is 1. The molecule has 30 heavy (non-hydrogen) atoms. The molecule has 1 heterocycles. The number of nitriles is 1. The molecule has 9 heteroatoms. The first-order valence-electron chi connectivity index (χ1n) is 9.41. The zero-order valence-electron chi connectivity index (χ0n) is 16.4. The molecule has 1 fully saturated rings. The van der Waals surface area contributed by atoms with E-state index in [9.17, 15) is 18.3 Å². The number of carbonyl (C=O) groups is 1. The van der Waals surface area contributed by atoms with Crippen molar-refractivity contribution in [2.45, 2.75) is 24.7 Å². The number of ether oxygens (including phenoxy) is 2. The molecule has 2 aromatic rings. The Hall–Kier alpha value is -3.09. The highest BCUT2D eigenvalue weighted by molar-refractivity contribution is 7.92. The van der Waals surface area contributed by atoms with E-state index in [0.29, 0.717) is 36.6 Å². The van der Waals surface area contributed by atoms with Gasteiger partial charge in [0.05, 0.1) is 28.8 Å². The molecule has 0 saturated carbocycles.